The predicted molar refractivity (Wildman–Crippen MR) is 64.0 cm³/mol. The molecule has 0 bridgehead atoms. The van der Waals surface area contributed by atoms with Crippen molar-refractivity contribution in [3.05, 3.63) is 35.6 Å². The molecular weight excluding hydrogens is 231 g/mol. The lowest BCUT2D eigenvalue weighted by Crippen LogP contribution is -2.38. The van der Waals surface area contributed by atoms with Gasteiger partial charge in [-0.3, -0.25) is 4.79 Å². The summed E-state index contributed by atoms with van der Waals surface area (Å²) in [6.45, 7) is 2.18. The Labute approximate surface area is 101 Å². The third kappa shape index (κ3) is 4.59. The van der Waals surface area contributed by atoms with Crippen LogP contribution in [0.2, 0.25) is 0 Å². The Balaban J connectivity index is 0.00000225. The molecule has 0 spiro atoms. The van der Waals surface area contributed by atoms with Crippen LogP contribution in [0.5, 0.6) is 0 Å². The molecule has 1 aromatic rings. The summed E-state index contributed by atoms with van der Waals surface area (Å²) in [4.78, 5) is 11.4. The number of nitrogens with one attached hydrogen (secondary N) is 1. The van der Waals surface area contributed by atoms with Crippen LogP contribution in [-0.4, -0.2) is 18.5 Å². The van der Waals surface area contributed by atoms with E-state index >= 15 is 0 Å². The van der Waals surface area contributed by atoms with E-state index in [2.05, 4.69) is 5.32 Å². The minimum Gasteiger partial charge on any atom is -0.352 e. The van der Waals surface area contributed by atoms with Crippen LogP contribution in [0.25, 0.3) is 0 Å². The zero-order valence-corrected chi connectivity index (χ0v) is 9.89. The monoisotopic (exact) mass is 246 g/mol. The zero-order valence-electron chi connectivity index (χ0n) is 9.07. The Morgan fingerprint density at radius 3 is 2.69 bits per heavy atom. The van der Waals surface area contributed by atoms with Crippen molar-refractivity contribution in [1.82, 2.24) is 5.32 Å². The van der Waals surface area contributed by atoms with E-state index in [1.165, 1.54) is 6.07 Å². The highest BCUT2D eigenvalue weighted by molar-refractivity contribution is 5.85. The molecular formula is C11H16ClFN2O. The van der Waals surface area contributed by atoms with Crippen molar-refractivity contribution in [3.8, 4) is 0 Å². The summed E-state index contributed by atoms with van der Waals surface area (Å²) in [6.07, 6.45) is 0.0526. The van der Waals surface area contributed by atoms with Crippen LogP contribution in [0, 0.1) is 5.82 Å². The van der Waals surface area contributed by atoms with Crippen molar-refractivity contribution in [2.75, 3.05) is 6.54 Å². The van der Waals surface area contributed by atoms with Crippen molar-refractivity contribution in [3.63, 3.8) is 0 Å². The number of amides is 1. The summed E-state index contributed by atoms with van der Waals surface area (Å²) in [7, 11) is 0. The highest BCUT2D eigenvalue weighted by Crippen LogP contribution is 2.06. The number of halogens is 2. The molecule has 1 amide bonds. The lowest BCUT2D eigenvalue weighted by atomic mass is 10.1. The van der Waals surface area contributed by atoms with Gasteiger partial charge in [-0.25, -0.2) is 4.39 Å². The topological polar surface area (TPSA) is 55.1 Å². The van der Waals surface area contributed by atoms with E-state index in [4.69, 9.17) is 5.73 Å². The minimum absolute atomic E-state index is 0. The van der Waals surface area contributed by atoms with Gasteiger partial charge in [-0.05, 0) is 18.6 Å². The van der Waals surface area contributed by atoms with Gasteiger partial charge >= 0.3 is 0 Å². The van der Waals surface area contributed by atoms with E-state index < -0.39 is 0 Å². The third-order valence-electron chi connectivity index (χ3n) is 2.07. The molecule has 0 saturated carbocycles. The summed E-state index contributed by atoms with van der Waals surface area (Å²) in [5.74, 6) is -0.564. The molecule has 1 aromatic carbocycles. The average Bonchev–Trinajstić information content (AvgIpc) is 2.21. The number of carbonyl (C=O) groups excluding carboxylic acids is 1. The molecule has 0 unspecified atom stereocenters. The molecule has 3 nitrogen and oxygen atoms in total. The molecule has 0 aromatic heterocycles. The van der Waals surface area contributed by atoms with Gasteiger partial charge in [0.25, 0.3) is 0 Å². The first kappa shape index (κ1) is 14.9. The fourth-order valence-electron chi connectivity index (χ4n) is 1.20. The van der Waals surface area contributed by atoms with Gasteiger partial charge in [-0.1, -0.05) is 18.2 Å². The van der Waals surface area contributed by atoms with Crippen molar-refractivity contribution < 1.29 is 9.18 Å². The van der Waals surface area contributed by atoms with E-state index in [1.807, 2.05) is 0 Å². The summed E-state index contributed by atoms with van der Waals surface area (Å²) in [5, 5.41) is 2.67. The second-order valence-corrected chi connectivity index (χ2v) is 3.47. The SMILES string of the molecule is C[C@@H](CN)NC(=O)Cc1ccccc1F.Cl. The van der Waals surface area contributed by atoms with Crippen molar-refractivity contribution in [1.29, 1.82) is 0 Å². The normalized spacial score (nSPS) is 11.4. The van der Waals surface area contributed by atoms with Crippen LogP contribution in [-0.2, 0) is 11.2 Å². The molecule has 3 N–H and O–H groups in total. The molecule has 16 heavy (non-hydrogen) atoms. The third-order valence-corrected chi connectivity index (χ3v) is 2.07. The minimum atomic E-state index is -0.354. The first-order chi connectivity index (χ1) is 7.13. The number of benzene rings is 1. The van der Waals surface area contributed by atoms with Crippen LogP contribution in [0.15, 0.2) is 24.3 Å². The maximum absolute atomic E-state index is 13.2. The quantitative estimate of drug-likeness (QED) is 0.840. The number of hydrogen-bond donors (Lipinski definition) is 2. The van der Waals surface area contributed by atoms with Crippen LogP contribution < -0.4 is 11.1 Å². The van der Waals surface area contributed by atoms with Crippen LogP contribution in [0.3, 0.4) is 0 Å². The van der Waals surface area contributed by atoms with E-state index in [-0.39, 0.29) is 36.6 Å². The van der Waals surface area contributed by atoms with Gasteiger partial charge in [-0.2, -0.15) is 0 Å². The van der Waals surface area contributed by atoms with Crippen molar-refractivity contribution >= 4 is 18.3 Å². The molecule has 1 atom stereocenters. The van der Waals surface area contributed by atoms with Gasteiger partial charge in [0.2, 0.25) is 5.91 Å². The predicted octanol–water partition coefficient (Wildman–Crippen LogP) is 1.25. The number of rotatable bonds is 4. The van der Waals surface area contributed by atoms with Gasteiger partial charge in [0.15, 0.2) is 0 Å². The molecule has 0 saturated heterocycles. The first-order valence-corrected chi connectivity index (χ1v) is 4.86. The molecule has 0 radical (unpaired) electrons. The average molecular weight is 247 g/mol. The molecule has 5 heteroatoms. The van der Waals surface area contributed by atoms with E-state index in [9.17, 15) is 9.18 Å². The lowest BCUT2D eigenvalue weighted by molar-refractivity contribution is -0.121. The summed E-state index contributed by atoms with van der Waals surface area (Å²) >= 11 is 0. The Kier molecular flexibility index (Phi) is 6.69. The Hall–Kier alpha value is -1.13. The molecule has 0 aliphatic carbocycles. The molecule has 0 fully saturated rings. The van der Waals surface area contributed by atoms with Gasteiger partial charge in [0.05, 0.1) is 6.42 Å². The molecule has 1 rings (SSSR count). The number of hydrogen-bond acceptors (Lipinski definition) is 2. The number of nitrogens with two attached hydrogens (primary N) is 1. The fourth-order valence-corrected chi connectivity index (χ4v) is 1.20. The van der Waals surface area contributed by atoms with Gasteiger partial charge < -0.3 is 11.1 Å². The van der Waals surface area contributed by atoms with E-state index in [0.29, 0.717) is 12.1 Å². The van der Waals surface area contributed by atoms with Crippen LogP contribution in [0.1, 0.15) is 12.5 Å². The standard InChI is InChI=1S/C11H15FN2O.ClH/c1-8(7-13)14-11(15)6-9-4-2-3-5-10(9)12;/h2-5,8H,6-7,13H2,1H3,(H,14,15);1H/t8-;/m0./s1. The van der Waals surface area contributed by atoms with E-state index in [0.717, 1.165) is 0 Å². The summed E-state index contributed by atoms with van der Waals surface area (Å²) in [5.41, 5.74) is 5.76. The van der Waals surface area contributed by atoms with Crippen LogP contribution in [0.4, 0.5) is 4.39 Å². The molecule has 90 valence electrons. The highest BCUT2D eigenvalue weighted by Gasteiger charge is 2.09. The number of carbonyl (C=O) groups is 1. The maximum atomic E-state index is 13.2. The van der Waals surface area contributed by atoms with Crippen LogP contribution >= 0.6 is 12.4 Å². The Bertz CT molecular complexity index is 347. The largest absolute Gasteiger partial charge is 0.352 e. The molecule has 0 aliphatic rings. The smallest absolute Gasteiger partial charge is 0.224 e. The van der Waals surface area contributed by atoms with Gasteiger partial charge in [0.1, 0.15) is 5.82 Å². The van der Waals surface area contributed by atoms with E-state index in [1.54, 1.807) is 25.1 Å². The van der Waals surface area contributed by atoms with Crippen molar-refractivity contribution in [2.24, 2.45) is 5.73 Å². The van der Waals surface area contributed by atoms with Gasteiger partial charge in [0, 0.05) is 12.6 Å². The Morgan fingerprint density at radius 2 is 2.12 bits per heavy atom. The second kappa shape index (κ2) is 7.19. The second-order valence-electron chi connectivity index (χ2n) is 3.47. The summed E-state index contributed by atoms with van der Waals surface area (Å²) in [6, 6.07) is 6.16. The molecule has 0 aliphatic heterocycles. The van der Waals surface area contributed by atoms with Gasteiger partial charge in [-0.15, -0.1) is 12.4 Å². The maximum Gasteiger partial charge on any atom is 0.224 e. The zero-order chi connectivity index (χ0) is 11.3. The van der Waals surface area contributed by atoms with Crippen molar-refractivity contribution in [2.45, 2.75) is 19.4 Å². The fraction of sp³-hybridized carbons (Fsp3) is 0.364. The summed E-state index contributed by atoms with van der Waals surface area (Å²) < 4.78 is 13.2. The lowest BCUT2D eigenvalue weighted by Gasteiger charge is -2.11. The molecule has 0 heterocycles. The first-order valence-electron chi connectivity index (χ1n) is 4.86. The highest BCUT2D eigenvalue weighted by atomic mass is 35.5. The Morgan fingerprint density at radius 1 is 1.50 bits per heavy atom.